The number of aryl methyl sites for hydroxylation is 1. The third-order valence-electron chi connectivity index (χ3n) is 10.5. The molecule has 4 aliphatic rings. The smallest absolute Gasteiger partial charge is 0.408 e. The van der Waals surface area contributed by atoms with Crippen LogP contribution in [0.3, 0.4) is 0 Å². The summed E-state index contributed by atoms with van der Waals surface area (Å²) in [5, 5.41) is 6.22. The SMILES string of the molecule is CCOC(=O)[C@@]12C[C@H]1/C=C\CCCCC[C@H](NC(=O)OC(C)(C)C)C(=O)N1C[C@@]3(CCc4c(c(CC(F)(F)F)nc5ccc(OC)cc45)O3)C[C@H]1C(=O)N2. The van der Waals surface area contributed by atoms with E-state index in [4.69, 9.17) is 18.9 Å². The Hall–Kier alpha value is -4.56. The van der Waals surface area contributed by atoms with Crippen LogP contribution in [0.2, 0.25) is 0 Å². The maximum atomic E-state index is 14.6. The molecule has 2 aromatic rings. The van der Waals surface area contributed by atoms with Gasteiger partial charge in [-0.1, -0.05) is 25.0 Å². The van der Waals surface area contributed by atoms with Crippen LogP contribution in [0.1, 0.15) is 90.3 Å². The molecule has 1 saturated heterocycles. The van der Waals surface area contributed by atoms with E-state index in [1.54, 1.807) is 45.9 Å². The van der Waals surface area contributed by atoms with Crippen LogP contribution in [0.5, 0.6) is 11.5 Å². The normalized spacial score (nSPS) is 28.0. The van der Waals surface area contributed by atoms with Crippen molar-refractivity contribution in [3.8, 4) is 11.5 Å². The lowest BCUT2D eigenvalue weighted by molar-refractivity contribution is -0.150. The van der Waals surface area contributed by atoms with Gasteiger partial charge in [-0.15, -0.1) is 0 Å². The van der Waals surface area contributed by atoms with Gasteiger partial charge in [-0.25, -0.2) is 14.6 Å². The highest BCUT2D eigenvalue weighted by atomic mass is 19.4. The van der Waals surface area contributed by atoms with Crippen LogP contribution in [-0.4, -0.2) is 89.0 Å². The minimum atomic E-state index is -4.60. The third-order valence-corrected chi connectivity index (χ3v) is 10.5. The Morgan fingerprint density at radius 1 is 1.13 bits per heavy atom. The van der Waals surface area contributed by atoms with Gasteiger partial charge in [-0.3, -0.25) is 9.59 Å². The van der Waals surface area contributed by atoms with Crippen molar-refractivity contribution < 1.29 is 51.3 Å². The first kappa shape index (κ1) is 39.1. The number of amides is 3. The van der Waals surface area contributed by atoms with E-state index < -0.39 is 65.3 Å². The van der Waals surface area contributed by atoms with Crippen LogP contribution >= 0.6 is 0 Å². The van der Waals surface area contributed by atoms with Gasteiger partial charge in [0.25, 0.3) is 0 Å². The maximum absolute atomic E-state index is 14.6. The number of ether oxygens (including phenoxy) is 4. The van der Waals surface area contributed by atoms with Crippen molar-refractivity contribution in [2.75, 3.05) is 20.3 Å². The molecule has 0 bridgehead atoms. The zero-order valence-electron chi connectivity index (χ0n) is 31.4. The number of hydrogen-bond acceptors (Lipinski definition) is 9. The first-order chi connectivity index (χ1) is 25.5. The summed E-state index contributed by atoms with van der Waals surface area (Å²) >= 11 is 0. The highest BCUT2D eigenvalue weighted by Crippen LogP contribution is 2.49. The fourth-order valence-corrected chi connectivity index (χ4v) is 7.91. The number of rotatable bonds is 5. The molecule has 1 saturated carbocycles. The third kappa shape index (κ3) is 8.39. The Labute approximate surface area is 312 Å². The topological polar surface area (TPSA) is 145 Å². The van der Waals surface area contributed by atoms with Crippen molar-refractivity contribution >= 4 is 34.8 Å². The van der Waals surface area contributed by atoms with Gasteiger partial charge in [0.05, 0.1) is 37.9 Å². The largest absolute Gasteiger partial charge is 0.497 e. The number of methoxy groups -OCH3 is 1. The molecule has 5 atom stereocenters. The van der Waals surface area contributed by atoms with Gasteiger partial charge in [0.1, 0.15) is 40.3 Å². The van der Waals surface area contributed by atoms with Crippen LogP contribution in [-0.2, 0) is 36.7 Å². The van der Waals surface area contributed by atoms with Gasteiger partial charge in [0.15, 0.2) is 0 Å². The zero-order chi connectivity index (χ0) is 39.1. The van der Waals surface area contributed by atoms with E-state index in [1.165, 1.54) is 12.0 Å². The number of nitrogens with zero attached hydrogens (tertiary/aromatic N) is 2. The molecule has 4 heterocycles. The van der Waals surface area contributed by atoms with Crippen LogP contribution < -0.4 is 20.1 Å². The second kappa shape index (κ2) is 14.9. The summed E-state index contributed by atoms with van der Waals surface area (Å²) in [4.78, 5) is 61.2. The molecular formula is C39H49F3N4O8. The van der Waals surface area contributed by atoms with Crippen molar-refractivity contribution in [3.05, 3.63) is 41.6 Å². The van der Waals surface area contributed by atoms with Gasteiger partial charge in [-0.2, -0.15) is 13.2 Å². The number of carbonyl (C=O) groups excluding carboxylic acids is 4. The number of benzene rings is 1. The number of alkyl carbamates (subject to hydrolysis) is 1. The Bertz CT molecular complexity index is 1830. The fraction of sp³-hybridized carbons (Fsp3) is 0.615. The van der Waals surface area contributed by atoms with Gasteiger partial charge in [-0.05, 0) is 84.4 Å². The Morgan fingerprint density at radius 2 is 1.91 bits per heavy atom. The molecule has 2 fully saturated rings. The number of hydrogen-bond donors (Lipinski definition) is 2. The molecule has 1 aromatic carbocycles. The molecule has 1 aliphatic carbocycles. The van der Waals surface area contributed by atoms with E-state index in [0.29, 0.717) is 35.1 Å². The Morgan fingerprint density at radius 3 is 2.61 bits per heavy atom. The number of alkyl halides is 3. The van der Waals surface area contributed by atoms with Gasteiger partial charge >= 0.3 is 18.2 Å². The molecule has 2 N–H and O–H groups in total. The molecule has 6 rings (SSSR count). The standard InChI is InChI=1S/C39H49F3N4O8/c1-6-52-34(49)38-19-23(38)12-10-8-7-9-11-13-28(44-35(50)54-36(2,3)4)33(48)46-22-37(21-30(46)32(47)45-38)17-16-25-26-18-24(51-5)14-15-27(26)43-29(31(25)53-37)20-39(40,41)42/h10,12,14-15,18,23,28,30H,6-9,11,13,16-17,19-22H2,1-5H3,(H,44,50)(H,45,47)/b12-10-/t23-,28+,30+,37-,38-/m1/s1. The van der Waals surface area contributed by atoms with Crippen LogP contribution in [0.25, 0.3) is 10.9 Å². The van der Waals surface area contributed by atoms with Crippen molar-refractivity contribution in [1.82, 2.24) is 20.5 Å². The molecular weight excluding hydrogens is 709 g/mol. The minimum Gasteiger partial charge on any atom is -0.497 e. The molecule has 0 radical (unpaired) electrons. The first-order valence-electron chi connectivity index (χ1n) is 18.7. The number of halogens is 3. The second-order valence-electron chi connectivity index (χ2n) is 15.8. The maximum Gasteiger partial charge on any atom is 0.408 e. The van der Waals surface area contributed by atoms with E-state index in [1.807, 2.05) is 12.2 Å². The molecule has 1 aromatic heterocycles. The number of fused-ring (bicyclic) bond motifs is 5. The van der Waals surface area contributed by atoms with E-state index >= 15 is 0 Å². The summed E-state index contributed by atoms with van der Waals surface area (Å²) in [6.07, 6.45) is 1.02. The monoisotopic (exact) mass is 758 g/mol. The Kier molecular flexibility index (Phi) is 10.8. The fourth-order valence-electron chi connectivity index (χ4n) is 7.91. The van der Waals surface area contributed by atoms with E-state index in [-0.39, 0.29) is 56.2 Å². The van der Waals surface area contributed by atoms with Crippen molar-refractivity contribution in [2.45, 2.75) is 127 Å². The summed E-state index contributed by atoms with van der Waals surface area (Å²) in [6, 6.07) is 2.67. The lowest BCUT2D eigenvalue weighted by Crippen LogP contribution is -2.57. The van der Waals surface area contributed by atoms with Crippen molar-refractivity contribution in [2.24, 2.45) is 5.92 Å². The highest BCUT2D eigenvalue weighted by molar-refractivity contribution is 5.97. The van der Waals surface area contributed by atoms with E-state index in [2.05, 4.69) is 15.6 Å². The average Bonchev–Trinajstić information content (AvgIpc) is 3.66. The molecule has 3 aliphatic heterocycles. The summed E-state index contributed by atoms with van der Waals surface area (Å²) < 4.78 is 64.9. The van der Waals surface area contributed by atoms with Crippen molar-refractivity contribution in [3.63, 3.8) is 0 Å². The predicted octanol–water partition coefficient (Wildman–Crippen LogP) is 5.86. The van der Waals surface area contributed by atoms with Gasteiger partial charge < -0.3 is 34.5 Å². The number of aromatic nitrogens is 1. The molecule has 0 unspecified atom stereocenters. The molecule has 294 valence electrons. The van der Waals surface area contributed by atoms with Crippen LogP contribution in [0.15, 0.2) is 30.4 Å². The first-order valence-corrected chi connectivity index (χ1v) is 18.7. The second-order valence-corrected chi connectivity index (χ2v) is 15.8. The highest BCUT2D eigenvalue weighted by Gasteiger charge is 2.63. The summed E-state index contributed by atoms with van der Waals surface area (Å²) in [5.41, 5.74) is -2.88. The molecule has 1 spiro atoms. The summed E-state index contributed by atoms with van der Waals surface area (Å²) in [6.45, 7) is 6.72. The van der Waals surface area contributed by atoms with Crippen molar-refractivity contribution in [1.29, 1.82) is 0 Å². The molecule has 54 heavy (non-hydrogen) atoms. The number of allylic oxidation sites excluding steroid dienone is 1. The summed E-state index contributed by atoms with van der Waals surface area (Å²) in [7, 11) is 1.49. The number of nitrogens with one attached hydrogen (secondary N) is 2. The Balaban J connectivity index is 1.40. The van der Waals surface area contributed by atoms with E-state index in [0.717, 1.165) is 19.3 Å². The quantitative estimate of drug-likeness (QED) is 0.283. The van der Waals surface area contributed by atoms with Gasteiger partial charge in [0.2, 0.25) is 11.8 Å². The molecule has 3 amide bonds. The molecule has 12 nitrogen and oxygen atoms in total. The van der Waals surface area contributed by atoms with E-state index in [9.17, 15) is 32.3 Å². The van der Waals surface area contributed by atoms with Gasteiger partial charge in [0, 0.05) is 23.3 Å². The minimum absolute atomic E-state index is 0.0336. The lowest BCUT2D eigenvalue weighted by Gasteiger charge is -2.37. The average molecular weight is 759 g/mol. The summed E-state index contributed by atoms with van der Waals surface area (Å²) in [5.74, 6) is -1.62. The van der Waals surface area contributed by atoms with Crippen LogP contribution in [0.4, 0.5) is 18.0 Å². The number of esters is 1. The van der Waals surface area contributed by atoms with Crippen LogP contribution in [0, 0.1) is 5.92 Å². The number of pyridine rings is 1. The number of carbonyl (C=O) groups is 4. The zero-order valence-corrected chi connectivity index (χ0v) is 31.4. The predicted molar refractivity (Wildman–Crippen MR) is 191 cm³/mol. The lowest BCUT2D eigenvalue weighted by atomic mass is 9.86. The molecule has 15 heteroatoms.